The van der Waals surface area contributed by atoms with Crippen LogP contribution in [0, 0.1) is 0 Å². The molecule has 1 unspecified atom stereocenters. The van der Waals surface area contributed by atoms with E-state index in [-0.39, 0.29) is 25.7 Å². The van der Waals surface area contributed by atoms with Crippen molar-refractivity contribution in [2.45, 2.75) is 25.1 Å². The molecule has 4 rings (SSSR count). The molecule has 30 heavy (non-hydrogen) atoms. The zero-order chi connectivity index (χ0) is 21.1. The Hall–Kier alpha value is -3.20. The van der Waals surface area contributed by atoms with Gasteiger partial charge in [-0.1, -0.05) is 17.8 Å². The number of hydrogen-bond acceptors (Lipinski definition) is 7. The van der Waals surface area contributed by atoms with Crippen molar-refractivity contribution in [1.82, 2.24) is 4.90 Å². The average Bonchev–Trinajstić information content (AvgIpc) is 3.19. The molecule has 0 bridgehead atoms. The van der Waals surface area contributed by atoms with Gasteiger partial charge in [-0.15, -0.1) is 0 Å². The van der Waals surface area contributed by atoms with Crippen molar-refractivity contribution in [3.63, 3.8) is 0 Å². The van der Waals surface area contributed by atoms with Crippen LogP contribution in [0.25, 0.3) is 0 Å². The molecule has 1 saturated heterocycles. The van der Waals surface area contributed by atoms with Crippen LogP contribution in [0.3, 0.4) is 0 Å². The summed E-state index contributed by atoms with van der Waals surface area (Å²) >= 11 is 1.07. The summed E-state index contributed by atoms with van der Waals surface area (Å²) < 4.78 is 16.2. The highest BCUT2D eigenvalue weighted by molar-refractivity contribution is 8.15. The second-order valence-electron chi connectivity index (χ2n) is 6.64. The van der Waals surface area contributed by atoms with E-state index in [1.165, 1.54) is 4.90 Å². The molecule has 1 amide bonds. The van der Waals surface area contributed by atoms with Crippen LogP contribution in [0.15, 0.2) is 47.5 Å². The molecule has 0 aromatic heterocycles. The SMILES string of the molecule is CCOc1ccc(N=C2SC(C(=O)O)CC(=O)N2Cc2ccc3c(c2)OCO3)cc1. The Morgan fingerprint density at radius 3 is 2.73 bits per heavy atom. The van der Waals surface area contributed by atoms with Crippen molar-refractivity contribution in [3.05, 3.63) is 48.0 Å². The van der Waals surface area contributed by atoms with Gasteiger partial charge in [0.25, 0.3) is 0 Å². The first kappa shape index (κ1) is 20.1. The first-order chi connectivity index (χ1) is 14.5. The number of aliphatic carboxylic acids is 1. The van der Waals surface area contributed by atoms with Crippen LogP contribution in [-0.4, -0.2) is 45.7 Å². The fourth-order valence-corrected chi connectivity index (χ4v) is 4.14. The number of amides is 1. The Bertz CT molecular complexity index is 991. The lowest BCUT2D eigenvalue weighted by Gasteiger charge is -2.30. The Kier molecular flexibility index (Phi) is 5.80. The summed E-state index contributed by atoms with van der Waals surface area (Å²) in [4.78, 5) is 30.4. The standard InChI is InChI=1S/C21H20N2O6S/c1-2-27-15-6-4-14(5-7-15)22-21-23(19(24)10-18(30-21)20(25)26)11-13-3-8-16-17(9-13)29-12-28-16/h3-9,18H,2,10-12H2,1H3,(H,25,26). The van der Waals surface area contributed by atoms with E-state index < -0.39 is 11.2 Å². The smallest absolute Gasteiger partial charge is 0.317 e. The monoisotopic (exact) mass is 428 g/mol. The minimum Gasteiger partial charge on any atom is -0.494 e. The summed E-state index contributed by atoms with van der Waals surface area (Å²) in [5, 5.41) is 8.90. The van der Waals surface area contributed by atoms with Crippen LogP contribution in [0.5, 0.6) is 17.2 Å². The lowest BCUT2D eigenvalue weighted by molar-refractivity contribution is -0.139. The molecule has 2 aromatic rings. The molecule has 156 valence electrons. The predicted octanol–water partition coefficient (Wildman–Crippen LogP) is 3.42. The highest BCUT2D eigenvalue weighted by atomic mass is 32.2. The number of nitrogens with zero attached hydrogens (tertiary/aromatic N) is 2. The minimum atomic E-state index is -1.03. The highest BCUT2D eigenvalue weighted by Gasteiger charge is 2.36. The lowest BCUT2D eigenvalue weighted by atomic mass is 10.1. The molecule has 2 aliphatic heterocycles. The Morgan fingerprint density at radius 1 is 1.23 bits per heavy atom. The number of fused-ring (bicyclic) bond motifs is 1. The molecule has 0 aliphatic carbocycles. The maximum absolute atomic E-state index is 12.8. The summed E-state index contributed by atoms with van der Waals surface area (Å²) in [6.07, 6.45) is -0.0904. The van der Waals surface area contributed by atoms with Gasteiger partial charge < -0.3 is 19.3 Å². The second kappa shape index (κ2) is 8.66. The van der Waals surface area contributed by atoms with Gasteiger partial charge >= 0.3 is 5.97 Å². The molecule has 0 saturated carbocycles. The molecular formula is C21H20N2O6S. The number of hydrogen-bond donors (Lipinski definition) is 1. The molecule has 9 heteroatoms. The van der Waals surface area contributed by atoms with Gasteiger partial charge in [0.05, 0.1) is 25.3 Å². The number of carbonyl (C=O) groups is 2. The van der Waals surface area contributed by atoms with Crippen LogP contribution in [0.4, 0.5) is 5.69 Å². The molecule has 2 aromatic carbocycles. The largest absolute Gasteiger partial charge is 0.494 e. The van der Waals surface area contributed by atoms with Crippen LogP contribution in [0.1, 0.15) is 18.9 Å². The van der Waals surface area contributed by atoms with Crippen molar-refractivity contribution in [2.75, 3.05) is 13.4 Å². The summed E-state index contributed by atoms with van der Waals surface area (Å²) in [6, 6.07) is 12.6. The van der Waals surface area contributed by atoms with Gasteiger partial charge in [0.2, 0.25) is 12.7 Å². The zero-order valence-corrected chi connectivity index (χ0v) is 17.1. The molecule has 8 nitrogen and oxygen atoms in total. The molecule has 0 spiro atoms. The van der Waals surface area contributed by atoms with Crippen LogP contribution in [0.2, 0.25) is 0 Å². The number of carboxylic acids is 1. The van der Waals surface area contributed by atoms with Gasteiger partial charge in [0, 0.05) is 0 Å². The third-order valence-corrected chi connectivity index (χ3v) is 5.74. The number of benzene rings is 2. The molecule has 2 aliphatic rings. The van der Waals surface area contributed by atoms with Crippen molar-refractivity contribution < 1.29 is 28.9 Å². The first-order valence-electron chi connectivity index (χ1n) is 9.43. The Labute approximate surface area is 177 Å². The van der Waals surface area contributed by atoms with E-state index in [0.717, 1.165) is 23.1 Å². The van der Waals surface area contributed by atoms with Crippen molar-refractivity contribution >= 4 is 34.5 Å². The third-order valence-electron chi connectivity index (χ3n) is 4.57. The quantitative estimate of drug-likeness (QED) is 0.753. The van der Waals surface area contributed by atoms with Gasteiger partial charge in [0.1, 0.15) is 11.0 Å². The normalized spacial score (nSPS) is 19.2. The average molecular weight is 428 g/mol. The van der Waals surface area contributed by atoms with Crippen molar-refractivity contribution in [1.29, 1.82) is 0 Å². The zero-order valence-electron chi connectivity index (χ0n) is 16.2. The maximum Gasteiger partial charge on any atom is 0.317 e. The van der Waals surface area contributed by atoms with E-state index in [1.807, 2.05) is 19.1 Å². The topological polar surface area (TPSA) is 97.7 Å². The molecule has 1 atom stereocenters. The highest BCUT2D eigenvalue weighted by Crippen LogP contribution is 2.35. The van der Waals surface area contributed by atoms with Gasteiger partial charge in [-0.25, -0.2) is 4.99 Å². The molecular weight excluding hydrogens is 408 g/mol. The molecule has 2 heterocycles. The van der Waals surface area contributed by atoms with Gasteiger partial charge in [-0.2, -0.15) is 0 Å². The lowest BCUT2D eigenvalue weighted by Crippen LogP contribution is -2.43. The van der Waals surface area contributed by atoms with Crippen molar-refractivity contribution in [3.8, 4) is 17.2 Å². The number of thioether (sulfide) groups is 1. The maximum atomic E-state index is 12.8. The van der Waals surface area contributed by atoms with Crippen LogP contribution < -0.4 is 14.2 Å². The number of rotatable bonds is 6. The third kappa shape index (κ3) is 4.35. The minimum absolute atomic E-state index is 0.0904. The van der Waals surface area contributed by atoms with E-state index in [4.69, 9.17) is 14.2 Å². The fourth-order valence-electron chi connectivity index (χ4n) is 3.10. The van der Waals surface area contributed by atoms with Gasteiger partial charge in [-0.05, 0) is 48.9 Å². The molecule has 1 fully saturated rings. The van der Waals surface area contributed by atoms with Gasteiger partial charge in [0.15, 0.2) is 16.7 Å². The fraction of sp³-hybridized carbons (Fsp3) is 0.286. The summed E-state index contributed by atoms with van der Waals surface area (Å²) in [6.45, 7) is 2.88. The Morgan fingerprint density at radius 2 is 2.00 bits per heavy atom. The molecule has 1 N–H and O–H groups in total. The van der Waals surface area contributed by atoms with E-state index >= 15 is 0 Å². The van der Waals surface area contributed by atoms with E-state index in [0.29, 0.717) is 29.0 Å². The van der Waals surface area contributed by atoms with E-state index in [1.54, 1.807) is 30.3 Å². The van der Waals surface area contributed by atoms with Crippen LogP contribution in [-0.2, 0) is 16.1 Å². The Balaban J connectivity index is 1.62. The van der Waals surface area contributed by atoms with Gasteiger partial charge in [-0.3, -0.25) is 14.5 Å². The first-order valence-corrected chi connectivity index (χ1v) is 10.3. The van der Waals surface area contributed by atoms with E-state index in [9.17, 15) is 14.7 Å². The number of carboxylic acid groups (broad SMARTS) is 1. The number of amidine groups is 1. The van der Waals surface area contributed by atoms with Crippen LogP contribution >= 0.6 is 11.8 Å². The summed E-state index contributed by atoms with van der Waals surface area (Å²) in [5.74, 6) is 0.679. The van der Waals surface area contributed by atoms with E-state index in [2.05, 4.69) is 4.99 Å². The number of aliphatic imine (C=N–C) groups is 1. The number of ether oxygens (including phenoxy) is 3. The molecule has 0 radical (unpaired) electrons. The second-order valence-corrected chi connectivity index (χ2v) is 7.81. The van der Waals surface area contributed by atoms with Crippen molar-refractivity contribution in [2.24, 2.45) is 4.99 Å². The summed E-state index contributed by atoms with van der Waals surface area (Å²) in [7, 11) is 0. The number of carbonyl (C=O) groups excluding carboxylic acids is 1. The summed E-state index contributed by atoms with van der Waals surface area (Å²) in [5.41, 5.74) is 1.44. The predicted molar refractivity (Wildman–Crippen MR) is 111 cm³/mol.